The molecule has 0 saturated heterocycles. The minimum absolute atomic E-state index is 0.343. The van der Waals surface area contributed by atoms with Gasteiger partial charge in [-0.05, 0) is 24.4 Å². The van der Waals surface area contributed by atoms with Crippen molar-refractivity contribution >= 4 is 17.3 Å². The van der Waals surface area contributed by atoms with Crippen LogP contribution in [0.1, 0.15) is 18.8 Å². The van der Waals surface area contributed by atoms with Gasteiger partial charge in [-0.25, -0.2) is 4.79 Å². The highest BCUT2D eigenvalue weighted by Gasteiger charge is 2.19. The van der Waals surface area contributed by atoms with E-state index in [0.717, 1.165) is 5.56 Å². The zero-order valence-electron chi connectivity index (χ0n) is 10.5. The summed E-state index contributed by atoms with van der Waals surface area (Å²) in [4.78, 5) is 11.7. The van der Waals surface area contributed by atoms with Gasteiger partial charge in [-0.1, -0.05) is 36.9 Å². The SMILES string of the molecule is C=C(C)C(=O)OC(Oc1cccs1)c1ccccc1. The number of benzene rings is 1. The summed E-state index contributed by atoms with van der Waals surface area (Å²) in [5, 5.41) is 2.60. The van der Waals surface area contributed by atoms with Crippen LogP contribution in [0.4, 0.5) is 0 Å². The Balaban J connectivity index is 2.18. The molecule has 1 heterocycles. The Morgan fingerprint density at radius 2 is 1.95 bits per heavy atom. The Bertz CT molecular complexity index is 546. The van der Waals surface area contributed by atoms with Crippen molar-refractivity contribution in [1.82, 2.24) is 0 Å². The molecule has 19 heavy (non-hydrogen) atoms. The molecule has 0 saturated carbocycles. The number of hydrogen-bond acceptors (Lipinski definition) is 4. The van der Waals surface area contributed by atoms with Crippen LogP contribution in [0.5, 0.6) is 5.06 Å². The van der Waals surface area contributed by atoms with Gasteiger partial charge in [0.15, 0.2) is 5.06 Å². The molecule has 4 heteroatoms. The second-order valence-corrected chi connectivity index (χ2v) is 4.89. The van der Waals surface area contributed by atoms with Crippen molar-refractivity contribution in [1.29, 1.82) is 0 Å². The van der Waals surface area contributed by atoms with Gasteiger partial charge in [0, 0.05) is 11.1 Å². The number of thiophene rings is 1. The molecule has 0 bridgehead atoms. The fourth-order valence-electron chi connectivity index (χ4n) is 1.40. The van der Waals surface area contributed by atoms with E-state index in [1.807, 2.05) is 47.8 Å². The average molecular weight is 274 g/mol. The summed E-state index contributed by atoms with van der Waals surface area (Å²) in [7, 11) is 0. The van der Waals surface area contributed by atoms with Crippen LogP contribution in [-0.2, 0) is 9.53 Å². The molecule has 0 fully saturated rings. The van der Waals surface area contributed by atoms with Crippen molar-refractivity contribution < 1.29 is 14.3 Å². The number of carbonyl (C=O) groups excluding carboxylic acids is 1. The second-order valence-electron chi connectivity index (χ2n) is 3.98. The van der Waals surface area contributed by atoms with Crippen LogP contribution in [0.25, 0.3) is 0 Å². The van der Waals surface area contributed by atoms with Gasteiger partial charge in [0.25, 0.3) is 6.29 Å². The highest BCUT2D eigenvalue weighted by Crippen LogP contribution is 2.27. The van der Waals surface area contributed by atoms with Crippen LogP contribution in [-0.4, -0.2) is 5.97 Å². The molecule has 0 aliphatic carbocycles. The summed E-state index contributed by atoms with van der Waals surface area (Å²) < 4.78 is 11.0. The molecular weight excluding hydrogens is 260 g/mol. The minimum Gasteiger partial charge on any atom is -0.441 e. The molecule has 1 aromatic carbocycles. The quantitative estimate of drug-likeness (QED) is 0.470. The van der Waals surface area contributed by atoms with Crippen LogP contribution >= 0.6 is 11.3 Å². The van der Waals surface area contributed by atoms with E-state index in [4.69, 9.17) is 9.47 Å². The van der Waals surface area contributed by atoms with E-state index < -0.39 is 12.3 Å². The van der Waals surface area contributed by atoms with Crippen molar-refractivity contribution in [2.75, 3.05) is 0 Å². The maximum absolute atomic E-state index is 11.7. The molecule has 0 aliphatic rings. The zero-order chi connectivity index (χ0) is 13.7. The smallest absolute Gasteiger partial charge is 0.336 e. The summed E-state index contributed by atoms with van der Waals surface area (Å²) >= 11 is 1.45. The number of ether oxygens (including phenoxy) is 2. The predicted molar refractivity (Wildman–Crippen MR) is 75.0 cm³/mol. The lowest BCUT2D eigenvalue weighted by molar-refractivity contribution is -0.159. The average Bonchev–Trinajstić information content (AvgIpc) is 2.91. The standard InChI is InChI=1S/C15H14O3S/c1-11(2)14(16)18-15(12-7-4-3-5-8-12)17-13-9-6-10-19-13/h3-10,15H,1H2,2H3. The molecule has 0 amide bonds. The van der Waals surface area contributed by atoms with E-state index in [9.17, 15) is 4.79 Å². The molecule has 2 rings (SSSR count). The van der Waals surface area contributed by atoms with Gasteiger partial charge in [0.05, 0.1) is 0 Å². The van der Waals surface area contributed by atoms with E-state index >= 15 is 0 Å². The van der Waals surface area contributed by atoms with E-state index in [1.54, 1.807) is 6.92 Å². The van der Waals surface area contributed by atoms with Gasteiger partial charge >= 0.3 is 5.97 Å². The fourth-order valence-corrected chi connectivity index (χ4v) is 2.00. The Morgan fingerprint density at radius 3 is 2.53 bits per heavy atom. The topological polar surface area (TPSA) is 35.5 Å². The lowest BCUT2D eigenvalue weighted by Crippen LogP contribution is -2.16. The Hall–Kier alpha value is -2.07. The van der Waals surface area contributed by atoms with Crippen molar-refractivity contribution in [2.45, 2.75) is 13.2 Å². The lowest BCUT2D eigenvalue weighted by Gasteiger charge is -2.18. The number of esters is 1. The third-order valence-corrected chi connectivity index (χ3v) is 3.11. The maximum atomic E-state index is 11.7. The largest absolute Gasteiger partial charge is 0.441 e. The molecular formula is C15H14O3S. The molecule has 0 radical (unpaired) electrons. The minimum atomic E-state index is -0.760. The monoisotopic (exact) mass is 274 g/mol. The normalized spacial score (nSPS) is 11.6. The van der Waals surface area contributed by atoms with Gasteiger partial charge in [0.2, 0.25) is 0 Å². The molecule has 1 atom stereocenters. The van der Waals surface area contributed by atoms with Gasteiger partial charge in [-0.2, -0.15) is 0 Å². The van der Waals surface area contributed by atoms with E-state index in [2.05, 4.69) is 6.58 Å². The number of hydrogen-bond donors (Lipinski definition) is 0. The van der Waals surface area contributed by atoms with Gasteiger partial charge < -0.3 is 9.47 Å². The van der Waals surface area contributed by atoms with E-state index in [-0.39, 0.29) is 0 Å². The summed E-state index contributed by atoms with van der Waals surface area (Å²) in [6.45, 7) is 5.18. The maximum Gasteiger partial charge on any atom is 0.336 e. The second kappa shape index (κ2) is 6.20. The highest BCUT2D eigenvalue weighted by atomic mass is 32.1. The fraction of sp³-hybridized carbons (Fsp3) is 0.133. The van der Waals surface area contributed by atoms with Crippen LogP contribution in [0, 0.1) is 0 Å². The first-order chi connectivity index (χ1) is 9.16. The predicted octanol–water partition coefficient (Wildman–Crippen LogP) is 3.95. The van der Waals surface area contributed by atoms with Gasteiger partial charge in [-0.15, -0.1) is 11.3 Å². The molecule has 98 valence electrons. The van der Waals surface area contributed by atoms with Crippen LogP contribution < -0.4 is 4.74 Å². The molecule has 3 nitrogen and oxygen atoms in total. The zero-order valence-corrected chi connectivity index (χ0v) is 11.4. The number of carbonyl (C=O) groups is 1. The van der Waals surface area contributed by atoms with Crippen molar-refractivity contribution in [2.24, 2.45) is 0 Å². The van der Waals surface area contributed by atoms with Gasteiger partial charge in [-0.3, -0.25) is 0 Å². The Labute approximate surface area is 116 Å². The summed E-state index contributed by atoms with van der Waals surface area (Å²) in [6.07, 6.45) is -0.760. The molecule has 0 N–H and O–H groups in total. The van der Waals surface area contributed by atoms with Gasteiger partial charge in [0.1, 0.15) is 0 Å². The van der Waals surface area contributed by atoms with E-state index in [1.165, 1.54) is 11.3 Å². The first-order valence-corrected chi connectivity index (χ1v) is 6.66. The summed E-state index contributed by atoms with van der Waals surface area (Å²) in [5.41, 5.74) is 1.13. The molecule has 0 spiro atoms. The van der Waals surface area contributed by atoms with Crippen LogP contribution in [0.2, 0.25) is 0 Å². The highest BCUT2D eigenvalue weighted by molar-refractivity contribution is 7.11. The van der Waals surface area contributed by atoms with Crippen LogP contribution in [0.3, 0.4) is 0 Å². The summed E-state index contributed by atoms with van der Waals surface area (Å²) in [5.74, 6) is -0.467. The molecule has 0 aliphatic heterocycles. The number of rotatable bonds is 5. The first-order valence-electron chi connectivity index (χ1n) is 5.78. The lowest BCUT2D eigenvalue weighted by atomic mass is 10.2. The Kier molecular flexibility index (Phi) is 4.36. The van der Waals surface area contributed by atoms with Crippen molar-refractivity contribution in [3.63, 3.8) is 0 Å². The Morgan fingerprint density at radius 1 is 1.21 bits per heavy atom. The van der Waals surface area contributed by atoms with Crippen molar-refractivity contribution in [3.8, 4) is 5.06 Å². The van der Waals surface area contributed by atoms with Crippen molar-refractivity contribution in [3.05, 3.63) is 65.6 Å². The molecule has 1 aromatic heterocycles. The third kappa shape index (κ3) is 3.69. The summed E-state index contributed by atoms with van der Waals surface area (Å²) in [6, 6.07) is 13.0. The molecule has 2 aromatic rings. The van der Waals surface area contributed by atoms with Crippen LogP contribution in [0.15, 0.2) is 60.0 Å². The first kappa shape index (κ1) is 13.4. The van der Waals surface area contributed by atoms with E-state index in [0.29, 0.717) is 10.6 Å². The molecule has 1 unspecified atom stereocenters. The third-order valence-electron chi connectivity index (χ3n) is 2.35.